The van der Waals surface area contributed by atoms with E-state index in [0.29, 0.717) is 24.9 Å². The third-order valence-corrected chi connectivity index (χ3v) is 4.01. The number of hydrogen-bond donors (Lipinski definition) is 2. The van der Waals surface area contributed by atoms with Crippen molar-refractivity contribution in [2.24, 2.45) is 11.8 Å². The summed E-state index contributed by atoms with van der Waals surface area (Å²) in [4.78, 5) is 27.1. The van der Waals surface area contributed by atoms with Gasteiger partial charge < -0.3 is 20.2 Å². The summed E-state index contributed by atoms with van der Waals surface area (Å²) in [5.41, 5.74) is 0. The number of carbonyl (C=O) groups excluding carboxylic acids is 1. The molecular formula is C14H27N3O3. The molecule has 0 radical (unpaired) electrons. The summed E-state index contributed by atoms with van der Waals surface area (Å²) in [5.74, 6) is -0.900. The number of hydrogen-bond acceptors (Lipinski definition) is 3. The number of carbonyl (C=O) groups is 2. The Morgan fingerprint density at radius 3 is 2.50 bits per heavy atom. The van der Waals surface area contributed by atoms with Crippen molar-refractivity contribution in [3.05, 3.63) is 0 Å². The number of carboxylic acid groups (broad SMARTS) is 1. The number of nitrogens with one attached hydrogen (secondary N) is 1. The lowest BCUT2D eigenvalue weighted by Gasteiger charge is -2.22. The molecular weight excluding hydrogens is 258 g/mol. The standard InChI is InChI=1S/C14H27N3O3/c1-5-6-11(13(18)19)7-15-14(20)17-8-10(2)12(9-17)16(3)4/h10-12H,5-9H2,1-4H3,(H,15,20)(H,18,19). The molecule has 6 heteroatoms. The fourth-order valence-electron chi connectivity index (χ4n) is 2.77. The molecule has 3 unspecified atom stereocenters. The van der Waals surface area contributed by atoms with Gasteiger partial charge in [0.1, 0.15) is 0 Å². The number of urea groups is 1. The average Bonchev–Trinajstić information content (AvgIpc) is 2.76. The van der Waals surface area contributed by atoms with Gasteiger partial charge in [-0.2, -0.15) is 0 Å². The van der Waals surface area contributed by atoms with Crippen LogP contribution in [0.5, 0.6) is 0 Å². The van der Waals surface area contributed by atoms with Crippen molar-refractivity contribution >= 4 is 12.0 Å². The Morgan fingerprint density at radius 1 is 1.40 bits per heavy atom. The zero-order valence-electron chi connectivity index (χ0n) is 12.9. The molecule has 2 amide bonds. The minimum atomic E-state index is -0.840. The zero-order chi connectivity index (χ0) is 15.3. The smallest absolute Gasteiger partial charge is 0.317 e. The number of aliphatic carboxylic acids is 1. The van der Waals surface area contributed by atoms with Crippen LogP contribution < -0.4 is 5.32 Å². The number of likely N-dealkylation sites (N-methyl/N-ethyl adjacent to an activating group) is 1. The number of carboxylic acids is 1. The molecule has 0 spiro atoms. The van der Waals surface area contributed by atoms with Gasteiger partial charge in [-0.15, -0.1) is 0 Å². The van der Waals surface area contributed by atoms with Crippen molar-refractivity contribution in [1.29, 1.82) is 0 Å². The monoisotopic (exact) mass is 285 g/mol. The number of rotatable bonds is 6. The van der Waals surface area contributed by atoms with Crippen LogP contribution in [0, 0.1) is 11.8 Å². The molecule has 0 aromatic heterocycles. The average molecular weight is 285 g/mol. The maximum Gasteiger partial charge on any atom is 0.317 e. The lowest BCUT2D eigenvalue weighted by atomic mass is 10.0. The van der Waals surface area contributed by atoms with E-state index >= 15 is 0 Å². The van der Waals surface area contributed by atoms with Crippen LogP contribution >= 0.6 is 0 Å². The third-order valence-electron chi connectivity index (χ3n) is 4.01. The Kier molecular flexibility index (Phi) is 6.26. The molecule has 0 saturated carbocycles. The summed E-state index contributed by atoms with van der Waals surface area (Å²) in [7, 11) is 4.04. The number of likely N-dealkylation sites (tertiary alicyclic amines) is 1. The summed E-state index contributed by atoms with van der Waals surface area (Å²) in [6.45, 7) is 5.71. The summed E-state index contributed by atoms with van der Waals surface area (Å²) >= 11 is 0. The Labute approximate surface area is 121 Å². The van der Waals surface area contributed by atoms with E-state index in [4.69, 9.17) is 5.11 Å². The third kappa shape index (κ3) is 4.37. The molecule has 1 saturated heterocycles. The molecule has 1 aliphatic heterocycles. The van der Waals surface area contributed by atoms with Gasteiger partial charge in [-0.1, -0.05) is 20.3 Å². The van der Waals surface area contributed by atoms with E-state index in [1.807, 2.05) is 21.0 Å². The van der Waals surface area contributed by atoms with Crippen LogP contribution in [-0.4, -0.2) is 66.7 Å². The second kappa shape index (κ2) is 7.47. The largest absolute Gasteiger partial charge is 0.481 e. The first-order chi connectivity index (χ1) is 9.36. The SMILES string of the molecule is CCCC(CNC(=O)N1CC(C)C(N(C)C)C1)C(=O)O. The highest BCUT2D eigenvalue weighted by Crippen LogP contribution is 2.19. The van der Waals surface area contributed by atoms with Crippen LogP contribution in [0.2, 0.25) is 0 Å². The molecule has 3 atom stereocenters. The van der Waals surface area contributed by atoms with Gasteiger partial charge in [0.15, 0.2) is 0 Å². The molecule has 1 fully saturated rings. The summed E-state index contributed by atoms with van der Waals surface area (Å²) < 4.78 is 0. The first-order valence-corrected chi connectivity index (χ1v) is 7.28. The van der Waals surface area contributed by atoms with Gasteiger partial charge in [0, 0.05) is 25.7 Å². The minimum Gasteiger partial charge on any atom is -0.481 e. The van der Waals surface area contributed by atoms with E-state index in [2.05, 4.69) is 17.1 Å². The van der Waals surface area contributed by atoms with Crippen molar-refractivity contribution in [1.82, 2.24) is 15.1 Å². The molecule has 1 heterocycles. The Balaban J connectivity index is 2.45. The van der Waals surface area contributed by atoms with Crippen molar-refractivity contribution in [2.45, 2.75) is 32.7 Å². The Hall–Kier alpha value is -1.30. The molecule has 20 heavy (non-hydrogen) atoms. The quantitative estimate of drug-likeness (QED) is 0.766. The topological polar surface area (TPSA) is 72.9 Å². The van der Waals surface area contributed by atoms with Gasteiger partial charge in [0.2, 0.25) is 0 Å². The van der Waals surface area contributed by atoms with E-state index in [0.717, 1.165) is 13.0 Å². The van der Waals surface area contributed by atoms with Crippen LogP contribution in [0.3, 0.4) is 0 Å². The predicted molar refractivity (Wildman–Crippen MR) is 77.6 cm³/mol. The minimum absolute atomic E-state index is 0.149. The van der Waals surface area contributed by atoms with Crippen molar-refractivity contribution < 1.29 is 14.7 Å². The lowest BCUT2D eigenvalue weighted by molar-refractivity contribution is -0.141. The molecule has 1 rings (SSSR count). The Morgan fingerprint density at radius 2 is 2.05 bits per heavy atom. The fourth-order valence-corrected chi connectivity index (χ4v) is 2.77. The van der Waals surface area contributed by atoms with E-state index < -0.39 is 11.9 Å². The van der Waals surface area contributed by atoms with E-state index in [-0.39, 0.29) is 12.6 Å². The van der Waals surface area contributed by atoms with Crippen molar-refractivity contribution in [2.75, 3.05) is 33.7 Å². The van der Waals surface area contributed by atoms with Crippen LogP contribution in [0.4, 0.5) is 4.79 Å². The van der Waals surface area contributed by atoms with Gasteiger partial charge in [-0.25, -0.2) is 4.79 Å². The van der Waals surface area contributed by atoms with E-state index in [9.17, 15) is 9.59 Å². The molecule has 0 bridgehead atoms. The van der Waals surface area contributed by atoms with Crippen LogP contribution in [-0.2, 0) is 4.79 Å². The van der Waals surface area contributed by atoms with E-state index in [1.165, 1.54) is 0 Å². The van der Waals surface area contributed by atoms with Gasteiger partial charge in [0.05, 0.1) is 5.92 Å². The normalized spacial score (nSPS) is 23.9. The highest BCUT2D eigenvalue weighted by Gasteiger charge is 2.33. The molecule has 116 valence electrons. The van der Waals surface area contributed by atoms with Gasteiger partial charge >= 0.3 is 12.0 Å². The number of amides is 2. The second-order valence-electron chi connectivity index (χ2n) is 5.92. The summed E-state index contributed by atoms with van der Waals surface area (Å²) in [5, 5.41) is 11.8. The van der Waals surface area contributed by atoms with Crippen LogP contribution in [0.15, 0.2) is 0 Å². The fraction of sp³-hybridized carbons (Fsp3) is 0.857. The van der Waals surface area contributed by atoms with Crippen molar-refractivity contribution in [3.8, 4) is 0 Å². The van der Waals surface area contributed by atoms with Crippen LogP contribution in [0.25, 0.3) is 0 Å². The summed E-state index contributed by atoms with van der Waals surface area (Å²) in [6, 6.07) is 0.218. The van der Waals surface area contributed by atoms with Crippen molar-refractivity contribution in [3.63, 3.8) is 0 Å². The van der Waals surface area contributed by atoms with Gasteiger partial charge in [0.25, 0.3) is 0 Å². The number of nitrogens with zero attached hydrogens (tertiary/aromatic N) is 2. The molecule has 6 nitrogen and oxygen atoms in total. The first kappa shape index (κ1) is 16.8. The van der Waals surface area contributed by atoms with Crippen LogP contribution in [0.1, 0.15) is 26.7 Å². The van der Waals surface area contributed by atoms with Gasteiger partial charge in [-0.05, 0) is 26.4 Å². The second-order valence-corrected chi connectivity index (χ2v) is 5.92. The van der Waals surface area contributed by atoms with Gasteiger partial charge in [-0.3, -0.25) is 4.79 Å². The molecule has 0 aromatic rings. The Bertz CT molecular complexity index is 347. The molecule has 2 N–H and O–H groups in total. The molecule has 1 aliphatic rings. The first-order valence-electron chi connectivity index (χ1n) is 7.28. The lowest BCUT2D eigenvalue weighted by Crippen LogP contribution is -2.43. The van der Waals surface area contributed by atoms with E-state index in [1.54, 1.807) is 4.90 Å². The highest BCUT2D eigenvalue weighted by molar-refractivity contribution is 5.76. The predicted octanol–water partition coefficient (Wildman–Crippen LogP) is 1.08. The zero-order valence-corrected chi connectivity index (χ0v) is 12.9. The molecule has 0 aromatic carbocycles. The molecule has 0 aliphatic carbocycles. The summed E-state index contributed by atoms with van der Waals surface area (Å²) in [6.07, 6.45) is 1.39. The maximum absolute atomic E-state index is 12.1. The maximum atomic E-state index is 12.1. The highest BCUT2D eigenvalue weighted by atomic mass is 16.4.